The van der Waals surface area contributed by atoms with E-state index in [1.807, 2.05) is 0 Å². The molecular formula is C18H27BrNO7P. The number of nitrogens with zero attached hydrogens (tertiary/aromatic N) is 1. The van der Waals surface area contributed by atoms with Crippen LogP contribution in [0.1, 0.15) is 45.6 Å². The third-order valence-corrected chi connectivity index (χ3v) is 7.16. The maximum atomic E-state index is 13.6. The summed E-state index contributed by atoms with van der Waals surface area (Å²) in [4.78, 5) is 24.2. The number of carbonyl (C=O) groups excluding carboxylic acids is 1. The van der Waals surface area contributed by atoms with Crippen LogP contribution in [0.4, 0.5) is 0 Å². The highest BCUT2D eigenvalue weighted by atomic mass is 79.9. The van der Waals surface area contributed by atoms with Crippen molar-refractivity contribution in [1.82, 2.24) is 0 Å². The molecule has 0 aliphatic heterocycles. The quantitative estimate of drug-likeness (QED) is 0.183. The first kappa shape index (κ1) is 24.8. The van der Waals surface area contributed by atoms with Gasteiger partial charge in [-0.3, -0.25) is 19.5 Å². The van der Waals surface area contributed by atoms with Gasteiger partial charge in [0.15, 0.2) is 5.66 Å². The zero-order chi connectivity index (χ0) is 21.3. The lowest BCUT2D eigenvalue weighted by molar-refractivity contribution is -0.527. The summed E-state index contributed by atoms with van der Waals surface area (Å²) in [5, 5.41) is 11.8. The average Bonchev–Trinajstić information content (AvgIpc) is 2.62. The summed E-state index contributed by atoms with van der Waals surface area (Å²) in [6, 6.07) is 5.57. The van der Waals surface area contributed by atoms with Crippen LogP contribution in [0.2, 0.25) is 0 Å². The van der Waals surface area contributed by atoms with Gasteiger partial charge < -0.3 is 13.8 Å². The minimum absolute atomic E-state index is 0.0233. The number of rotatable bonds is 12. The van der Waals surface area contributed by atoms with E-state index in [1.165, 1.54) is 0 Å². The van der Waals surface area contributed by atoms with Crippen LogP contribution >= 0.6 is 23.5 Å². The summed E-state index contributed by atoms with van der Waals surface area (Å²) in [6.45, 7) is 6.58. The van der Waals surface area contributed by atoms with Gasteiger partial charge in [-0.25, -0.2) is 0 Å². The molecule has 0 saturated heterocycles. The van der Waals surface area contributed by atoms with E-state index in [0.717, 1.165) is 4.47 Å². The second-order valence-electron chi connectivity index (χ2n) is 5.91. The molecule has 8 nitrogen and oxygen atoms in total. The molecule has 10 heteroatoms. The first-order valence-electron chi connectivity index (χ1n) is 9.19. The number of carbonyl (C=O) groups is 1. The van der Waals surface area contributed by atoms with Crippen LogP contribution in [0.3, 0.4) is 0 Å². The van der Waals surface area contributed by atoms with E-state index in [2.05, 4.69) is 15.9 Å². The number of ether oxygens (including phenoxy) is 1. The van der Waals surface area contributed by atoms with E-state index in [9.17, 15) is 19.5 Å². The Morgan fingerprint density at radius 1 is 1.11 bits per heavy atom. The third kappa shape index (κ3) is 6.11. The predicted octanol–water partition coefficient (Wildman–Crippen LogP) is 4.79. The van der Waals surface area contributed by atoms with E-state index in [1.54, 1.807) is 52.0 Å². The highest BCUT2D eigenvalue weighted by molar-refractivity contribution is 9.10. The van der Waals surface area contributed by atoms with Gasteiger partial charge in [0, 0.05) is 15.8 Å². The highest BCUT2D eigenvalue weighted by Crippen LogP contribution is 2.58. The maximum absolute atomic E-state index is 13.6. The molecule has 1 aromatic carbocycles. The molecule has 0 aliphatic rings. The Labute approximate surface area is 173 Å². The zero-order valence-electron chi connectivity index (χ0n) is 16.5. The summed E-state index contributed by atoms with van der Waals surface area (Å²) < 4.78 is 30.3. The Morgan fingerprint density at radius 3 is 2.04 bits per heavy atom. The van der Waals surface area contributed by atoms with Gasteiger partial charge in [0.2, 0.25) is 6.04 Å². The third-order valence-electron chi connectivity index (χ3n) is 4.19. The van der Waals surface area contributed by atoms with E-state index >= 15 is 0 Å². The molecule has 0 heterocycles. The van der Waals surface area contributed by atoms with Crippen LogP contribution in [0.5, 0.6) is 0 Å². The van der Waals surface area contributed by atoms with Gasteiger partial charge in [-0.05, 0) is 38.5 Å². The Kier molecular flexibility index (Phi) is 10.3. The molecule has 1 aromatic rings. The molecule has 0 saturated carbocycles. The molecule has 0 fully saturated rings. The van der Waals surface area contributed by atoms with Crippen LogP contribution in [0, 0.1) is 10.1 Å². The molecule has 0 bridgehead atoms. The monoisotopic (exact) mass is 479 g/mol. The second kappa shape index (κ2) is 11.7. The van der Waals surface area contributed by atoms with Gasteiger partial charge in [0.25, 0.3) is 0 Å². The lowest BCUT2D eigenvalue weighted by Crippen LogP contribution is -2.41. The predicted molar refractivity (Wildman–Crippen MR) is 109 cm³/mol. The minimum Gasteiger partial charge on any atom is -0.465 e. The molecule has 0 aliphatic carbocycles. The van der Waals surface area contributed by atoms with E-state index < -0.39 is 36.1 Å². The number of nitro groups is 1. The van der Waals surface area contributed by atoms with Gasteiger partial charge in [-0.1, -0.05) is 35.0 Å². The number of hydrogen-bond donors (Lipinski definition) is 0. The van der Waals surface area contributed by atoms with Gasteiger partial charge in [-0.15, -0.1) is 0 Å². The first-order valence-corrected chi connectivity index (χ1v) is 11.6. The van der Waals surface area contributed by atoms with Crippen LogP contribution in [-0.2, 0) is 23.1 Å². The molecule has 28 heavy (non-hydrogen) atoms. The van der Waals surface area contributed by atoms with Gasteiger partial charge in [-0.2, -0.15) is 0 Å². The van der Waals surface area contributed by atoms with Crippen molar-refractivity contribution in [3.8, 4) is 0 Å². The summed E-state index contributed by atoms with van der Waals surface area (Å²) in [5.41, 5.74) is -0.965. The fourth-order valence-electron chi connectivity index (χ4n) is 3.09. The molecule has 158 valence electrons. The Morgan fingerprint density at radius 2 is 1.64 bits per heavy atom. The first-order chi connectivity index (χ1) is 13.2. The second-order valence-corrected chi connectivity index (χ2v) is 8.98. The van der Waals surface area contributed by atoms with Gasteiger partial charge >= 0.3 is 13.6 Å². The largest absolute Gasteiger partial charge is 0.465 e. The van der Waals surface area contributed by atoms with Crippen LogP contribution < -0.4 is 0 Å². The van der Waals surface area contributed by atoms with E-state index in [4.69, 9.17) is 13.8 Å². The molecule has 0 aromatic heterocycles. The minimum atomic E-state index is -4.05. The number of benzene rings is 1. The van der Waals surface area contributed by atoms with Crippen molar-refractivity contribution in [3.63, 3.8) is 0 Å². The molecule has 0 N–H and O–H groups in total. The Balaban J connectivity index is 3.69. The average molecular weight is 480 g/mol. The molecule has 0 radical (unpaired) electrons. The Hall–Kier alpha value is -1.28. The summed E-state index contributed by atoms with van der Waals surface area (Å²) in [5.74, 6) is -1.88. The summed E-state index contributed by atoms with van der Waals surface area (Å²) in [7, 11) is -4.05. The molecule has 0 spiro atoms. The fourth-order valence-corrected chi connectivity index (χ4v) is 5.57. The van der Waals surface area contributed by atoms with Crippen molar-refractivity contribution in [3.05, 3.63) is 44.4 Å². The summed E-state index contributed by atoms with van der Waals surface area (Å²) >= 11 is 3.33. The maximum Gasteiger partial charge on any atom is 0.345 e. The molecule has 3 unspecified atom stereocenters. The fraction of sp³-hybridized carbons (Fsp3) is 0.611. The normalized spacial score (nSPS) is 14.9. The lowest BCUT2D eigenvalue weighted by atomic mass is 9.87. The van der Waals surface area contributed by atoms with Gasteiger partial charge in [0.05, 0.1) is 25.7 Å². The van der Waals surface area contributed by atoms with Crippen molar-refractivity contribution >= 4 is 29.5 Å². The molecular weight excluding hydrogens is 453 g/mol. The van der Waals surface area contributed by atoms with Crippen LogP contribution in [-0.4, -0.2) is 42.4 Å². The standard InChI is InChI=1S/C18H27BrNO7P/c1-5-15(20(22)23)16(13-9-11-14(19)12-10-13)17(18(21)25-6-2)28(24,26-7-3)27-8-4/h9-12,15-17H,5-8H2,1-4H3. The van der Waals surface area contributed by atoms with Crippen LogP contribution in [0.15, 0.2) is 28.7 Å². The Bertz CT molecular complexity index is 688. The molecule has 1 rings (SSSR count). The smallest absolute Gasteiger partial charge is 0.345 e. The lowest BCUT2D eigenvalue weighted by Gasteiger charge is -2.32. The van der Waals surface area contributed by atoms with Crippen molar-refractivity contribution < 1.29 is 28.1 Å². The highest BCUT2D eigenvalue weighted by Gasteiger charge is 2.53. The SMILES string of the molecule is CCOC(=O)C(C(c1ccc(Br)cc1)C(CC)[N+](=O)[O-])P(=O)(OCC)OCC. The van der Waals surface area contributed by atoms with Gasteiger partial charge in [0.1, 0.15) is 0 Å². The van der Waals surface area contributed by atoms with Crippen molar-refractivity contribution in [2.45, 2.75) is 51.7 Å². The van der Waals surface area contributed by atoms with Crippen molar-refractivity contribution in [1.29, 1.82) is 0 Å². The van der Waals surface area contributed by atoms with Crippen LogP contribution in [0.25, 0.3) is 0 Å². The van der Waals surface area contributed by atoms with E-state index in [-0.39, 0.29) is 26.2 Å². The number of esters is 1. The van der Waals surface area contributed by atoms with Crippen molar-refractivity contribution in [2.24, 2.45) is 0 Å². The van der Waals surface area contributed by atoms with E-state index in [0.29, 0.717) is 5.56 Å². The summed E-state index contributed by atoms with van der Waals surface area (Å²) in [6.07, 6.45) is 0.127. The molecule has 3 atom stereocenters. The topological polar surface area (TPSA) is 105 Å². The van der Waals surface area contributed by atoms with Crippen molar-refractivity contribution in [2.75, 3.05) is 19.8 Å². The zero-order valence-corrected chi connectivity index (χ0v) is 19.0. The molecule has 0 amide bonds. The number of hydrogen-bond acceptors (Lipinski definition) is 7. The number of halogens is 1.